The van der Waals surface area contributed by atoms with E-state index in [4.69, 9.17) is 17.3 Å². The van der Waals surface area contributed by atoms with Crippen LogP contribution < -0.4 is 26.8 Å². The summed E-state index contributed by atoms with van der Waals surface area (Å²) in [6, 6.07) is 13.8. The molecule has 2 aromatic carbocycles. The molecule has 1 aromatic heterocycles. The quantitative estimate of drug-likeness (QED) is 0.362. The fourth-order valence-electron chi connectivity index (χ4n) is 2.61. The topological polar surface area (TPSA) is 153 Å². The van der Waals surface area contributed by atoms with E-state index in [-0.39, 0.29) is 11.6 Å². The highest BCUT2D eigenvalue weighted by Gasteiger charge is 2.32. The zero-order valence-electron chi connectivity index (χ0n) is 15.4. The maximum absolute atomic E-state index is 12.6. The van der Waals surface area contributed by atoms with Crippen LogP contribution in [0.2, 0.25) is 5.02 Å². The summed E-state index contributed by atoms with van der Waals surface area (Å²) in [6.07, 6.45) is -0.576. The van der Waals surface area contributed by atoms with E-state index >= 15 is 0 Å². The molecule has 0 bridgehead atoms. The Labute approximate surface area is 175 Å². The fourth-order valence-corrected chi connectivity index (χ4v) is 2.73. The molecular formula is C19H17ClN6O4. The number of aliphatic carboxylic acids is 1. The van der Waals surface area contributed by atoms with Crippen molar-refractivity contribution in [2.45, 2.75) is 6.17 Å². The molecule has 6 N–H and O–H groups in total. The van der Waals surface area contributed by atoms with E-state index in [1.54, 1.807) is 54.6 Å². The van der Waals surface area contributed by atoms with Gasteiger partial charge in [-0.1, -0.05) is 29.8 Å². The largest absolute Gasteiger partial charge is 0.478 e. The van der Waals surface area contributed by atoms with Gasteiger partial charge in [-0.3, -0.25) is 14.7 Å². The molecule has 3 aromatic rings. The first-order valence-electron chi connectivity index (χ1n) is 8.60. The van der Waals surface area contributed by atoms with Crippen LogP contribution in [0, 0.1) is 0 Å². The lowest BCUT2D eigenvalue weighted by molar-refractivity contribution is -0.137. The van der Waals surface area contributed by atoms with Crippen LogP contribution in [-0.4, -0.2) is 33.2 Å². The number of aromatic amines is 1. The lowest BCUT2D eigenvalue weighted by atomic mass is 10.3. The van der Waals surface area contributed by atoms with Gasteiger partial charge in [-0.25, -0.2) is 14.6 Å². The van der Waals surface area contributed by atoms with Gasteiger partial charge in [0.2, 0.25) is 12.1 Å². The van der Waals surface area contributed by atoms with Crippen molar-refractivity contribution in [3.8, 4) is 0 Å². The summed E-state index contributed by atoms with van der Waals surface area (Å²) in [6.45, 7) is 0. The van der Waals surface area contributed by atoms with Crippen LogP contribution in [0.5, 0.6) is 0 Å². The number of carbonyl (C=O) groups is 2. The van der Waals surface area contributed by atoms with Crippen LogP contribution >= 0.6 is 11.6 Å². The van der Waals surface area contributed by atoms with E-state index in [1.165, 1.54) is 0 Å². The number of carbonyl (C=O) groups excluding carboxylic acids is 1. The Morgan fingerprint density at radius 3 is 2.33 bits per heavy atom. The summed E-state index contributed by atoms with van der Waals surface area (Å²) in [7, 11) is 0. The number of urea groups is 1. The molecule has 0 aliphatic heterocycles. The highest BCUT2D eigenvalue weighted by molar-refractivity contribution is 6.30. The lowest BCUT2D eigenvalue weighted by Crippen LogP contribution is -2.53. The van der Waals surface area contributed by atoms with Gasteiger partial charge in [0.05, 0.1) is 6.20 Å². The molecule has 3 rings (SSSR count). The zero-order chi connectivity index (χ0) is 21.7. The Hall–Kier alpha value is -4.05. The number of carboxylic acid groups (broad SMARTS) is 1. The molecule has 0 radical (unpaired) electrons. The van der Waals surface area contributed by atoms with Gasteiger partial charge in [0, 0.05) is 16.4 Å². The van der Waals surface area contributed by atoms with Crippen molar-refractivity contribution in [2.24, 2.45) is 5.73 Å². The minimum absolute atomic E-state index is 0.0818. The molecule has 0 saturated carbocycles. The van der Waals surface area contributed by atoms with Crippen molar-refractivity contribution >= 4 is 46.6 Å². The number of rotatable bonds is 7. The van der Waals surface area contributed by atoms with Crippen molar-refractivity contribution in [3.05, 3.63) is 76.2 Å². The Bertz CT molecular complexity index is 1100. The number of nitrogens with one attached hydrogen (secondary N) is 3. The summed E-state index contributed by atoms with van der Waals surface area (Å²) in [5.41, 5.74) is 5.31. The van der Waals surface area contributed by atoms with Gasteiger partial charge < -0.3 is 21.5 Å². The SMILES string of the molecule is NC(=O)N(c1cnc(Nc2ccc(Cl)cc2)[nH]c1=O)[C@H](Nc1ccccc1)C(=O)O. The van der Waals surface area contributed by atoms with Gasteiger partial charge in [-0.05, 0) is 36.4 Å². The highest BCUT2D eigenvalue weighted by Crippen LogP contribution is 2.18. The van der Waals surface area contributed by atoms with Crippen LogP contribution in [0.3, 0.4) is 0 Å². The maximum atomic E-state index is 12.6. The van der Waals surface area contributed by atoms with Crippen molar-refractivity contribution < 1.29 is 14.7 Å². The molecule has 2 amide bonds. The Morgan fingerprint density at radius 2 is 1.77 bits per heavy atom. The Kier molecular flexibility index (Phi) is 6.18. The van der Waals surface area contributed by atoms with Crippen LogP contribution in [-0.2, 0) is 4.79 Å². The van der Waals surface area contributed by atoms with Crippen LogP contribution in [0.25, 0.3) is 0 Å². The summed E-state index contributed by atoms with van der Waals surface area (Å²) < 4.78 is 0. The molecule has 30 heavy (non-hydrogen) atoms. The number of anilines is 4. The summed E-state index contributed by atoms with van der Waals surface area (Å²) in [5.74, 6) is -1.33. The number of nitrogens with zero attached hydrogens (tertiary/aromatic N) is 2. The second-order valence-corrected chi connectivity index (χ2v) is 6.47. The third kappa shape index (κ3) is 4.86. The van der Waals surface area contributed by atoms with E-state index in [0.29, 0.717) is 21.3 Å². The average molecular weight is 429 g/mol. The monoisotopic (exact) mass is 428 g/mol. The predicted molar refractivity (Wildman–Crippen MR) is 113 cm³/mol. The van der Waals surface area contributed by atoms with Gasteiger partial charge in [0.1, 0.15) is 5.69 Å². The second kappa shape index (κ2) is 8.97. The lowest BCUT2D eigenvalue weighted by Gasteiger charge is -2.27. The van der Waals surface area contributed by atoms with Crippen molar-refractivity contribution in [1.29, 1.82) is 0 Å². The molecule has 0 saturated heterocycles. The van der Waals surface area contributed by atoms with E-state index in [1.807, 2.05) is 0 Å². The molecule has 1 atom stereocenters. The number of amides is 2. The first kappa shape index (κ1) is 20.7. The van der Waals surface area contributed by atoms with Gasteiger partial charge >= 0.3 is 12.0 Å². The first-order valence-corrected chi connectivity index (χ1v) is 8.98. The molecule has 0 aliphatic rings. The van der Waals surface area contributed by atoms with E-state index in [2.05, 4.69) is 20.6 Å². The van der Waals surface area contributed by atoms with Crippen molar-refractivity contribution in [3.63, 3.8) is 0 Å². The van der Waals surface area contributed by atoms with Gasteiger partial charge in [0.15, 0.2) is 0 Å². The molecule has 0 unspecified atom stereocenters. The van der Waals surface area contributed by atoms with Gasteiger partial charge in [-0.15, -0.1) is 0 Å². The predicted octanol–water partition coefficient (Wildman–Crippen LogP) is 2.57. The number of aromatic nitrogens is 2. The number of hydrogen-bond acceptors (Lipinski definition) is 6. The number of H-pyrrole nitrogens is 1. The molecule has 0 aliphatic carbocycles. The van der Waals surface area contributed by atoms with Crippen molar-refractivity contribution in [1.82, 2.24) is 9.97 Å². The second-order valence-electron chi connectivity index (χ2n) is 6.04. The molecule has 11 heteroatoms. The number of hydrogen-bond donors (Lipinski definition) is 5. The summed E-state index contributed by atoms with van der Waals surface area (Å²) >= 11 is 5.83. The molecule has 10 nitrogen and oxygen atoms in total. The third-order valence-electron chi connectivity index (χ3n) is 3.95. The molecule has 0 spiro atoms. The minimum Gasteiger partial charge on any atom is -0.478 e. The zero-order valence-corrected chi connectivity index (χ0v) is 16.1. The van der Waals surface area contributed by atoms with Crippen LogP contribution in [0.1, 0.15) is 0 Å². The van der Waals surface area contributed by atoms with Gasteiger partial charge in [-0.2, -0.15) is 0 Å². The third-order valence-corrected chi connectivity index (χ3v) is 4.21. The standard InChI is InChI=1S/C19H17ClN6O4/c20-11-6-8-13(9-7-11)24-19-22-10-14(16(27)25-19)26(18(21)30)15(17(28)29)23-12-4-2-1-3-5-12/h1-10,15,23H,(H2,21,30)(H,28,29)(H2,22,24,25,27)/t15-/m0/s1. The van der Waals surface area contributed by atoms with E-state index in [0.717, 1.165) is 6.20 Å². The molecular weight excluding hydrogens is 412 g/mol. The van der Waals surface area contributed by atoms with Gasteiger partial charge in [0.25, 0.3) is 5.56 Å². The summed E-state index contributed by atoms with van der Waals surface area (Å²) in [4.78, 5) is 43.5. The first-order chi connectivity index (χ1) is 14.3. The Morgan fingerprint density at radius 1 is 1.10 bits per heavy atom. The number of benzene rings is 2. The highest BCUT2D eigenvalue weighted by atomic mass is 35.5. The molecule has 0 fully saturated rings. The Balaban J connectivity index is 1.91. The fraction of sp³-hybridized carbons (Fsp3) is 0.0526. The molecule has 154 valence electrons. The number of nitrogens with two attached hydrogens (primary N) is 1. The smallest absolute Gasteiger partial charge is 0.347 e. The van der Waals surface area contributed by atoms with E-state index < -0.39 is 23.7 Å². The number of carboxylic acids is 1. The van der Waals surface area contributed by atoms with E-state index in [9.17, 15) is 19.5 Å². The van der Waals surface area contributed by atoms with Crippen LogP contribution in [0.15, 0.2) is 65.6 Å². The normalized spacial score (nSPS) is 11.4. The van der Waals surface area contributed by atoms with Crippen LogP contribution in [0.4, 0.5) is 27.8 Å². The molecule has 1 heterocycles. The number of halogens is 1. The number of para-hydroxylation sites is 1. The average Bonchev–Trinajstić information content (AvgIpc) is 2.71. The summed E-state index contributed by atoms with van der Waals surface area (Å²) in [5, 5.41) is 15.7. The minimum atomic E-state index is -1.64. The number of primary amides is 1. The van der Waals surface area contributed by atoms with Crippen molar-refractivity contribution in [2.75, 3.05) is 15.5 Å². The maximum Gasteiger partial charge on any atom is 0.347 e.